The third-order valence-corrected chi connectivity index (χ3v) is 3.34. The minimum absolute atomic E-state index is 0.0937. The van der Waals surface area contributed by atoms with Crippen LogP contribution in [0.3, 0.4) is 0 Å². The Hall–Kier alpha value is -2.83. The van der Waals surface area contributed by atoms with Gasteiger partial charge in [0.2, 0.25) is 0 Å². The van der Waals surface area contributed by atoms with Crippen LogP contribution in [-0.4, -0.2) is 34.8 Å². The van der Waals surface area contributed by atoms with Crippen molar-refractivity contribution >= 4 is 5.97 Å². The Kier molecular flexibility index (Phi) is 4.27. The maximum absolute atomic E-state index is 12.3. The van der Waals surface area contributed by atoms with Crippen LogP contribution in [0.1, 0.15) is 17.3 Å². The van der Waals surface area contributed by atoms with E-state index >= 15 is 0 Å². The molecule has 0 amide bonds. The number of hydrogen-bond acceptors (Lipinski definition) is 6. The molecule has 7 nitrogen and oxygen atoms in total. The number of aromatic nitrogens is 2. The van der Waals surface area contributed by atoms with E-state index in [1.807, 2.05) is 30.3 Å². The molecular formula is C16H16N2O5. The van der Waals surface area contributed by atoms with Gasteiger partial charge in [-0.25, -0.2) is 9.78 Å². The molecule has 1 unspecified atom stereocenters. The molecule has 0 saturated heterocycles. The van der Waals surface area contributed by atoms with Crippen LogP contribution in [0.4, 0.5) is 0 Å². The first-order chi connectivity index (χ1) is 11.2. The molecular weight excluding hydrogens is 300 g/mol. The number of carbonyl (C=O) groups is 1. The van der Waals surface area contributed by atoms with Crippen molar-refractivity contribution in [2.24, 2.45) is 0 Å². The van der Waals surface area contributed by atoms with Crippen LogP contribution in [0.2, 0.25) is 0 Å². The maximum Gasteiger partial charge on any atom is 0.345 e. The Morgan fingerprint density at radius 2 is 2.17 bits per heavy atom. The molecule has 0 saturated carbocycles. The maximum atomic E-state index is 12.3. The second-order valence-corrected chi connectivity index (χ2v) is 4.95. The van der Waals surface area contributed by atoms with Gasteiger partial charge in [-0.15, -0.1) is 0 Å². The number of hydrogen-bond donors (Lipinski definition) is 0. The van der Waals surface area contributed by atoms with E-state index < -0.39 is 11.5 Å². The average Bonchev–Trinajstić information content (AvgIpc) is 2.98. The summed E-state index contributed by atoms with van der Waals surface area (Å²) >= 11 is 0. The molecule has 23 heavy (non-hydrogen) atoms. The summed E-state index contributed by atoms with van der Waals surface area (Å²) in [7, 11) is 0. The Morgan fingerprint density at radius 3 is 2.91 bits per heavy atom. The number of nitrogens with zero attached hydrogens (tertiary/aromatic N) is 2. The Balaban J connectivity index is 1.70. The summed E-state index contributed by atoms with van der Waals surface area (Å²) in [6.07, 6.45) is 0.847. The van der Waals surface area contributed by atoms with Crippen LogP contribution < -0.4 is 15.0 Å². The van der Waals surface area contributed by atoms with Crippen molar-refractivity contribution < 1.29 is 19.0 Å². The minimum atomic E-state index is -0.677. The largest absolute Gasteiger partial charge is 0.490 e. The van der Waals surface area contributed by atoms with Crippen LogP contribution in [0.15, 0.2) is 41.3 Å². The standard InChI is InChI=1S/C16H16N2O5/c1-2-21-15(20)13-8-17-16-18(14(13)19)9-12(23-16)10-22-11-6-4-3-5-7-11/h3-8,12H,2,9-10H2,1H3. The third kappa shape index (κ3) is 3.18. The third-order valence-electron chi connectivity index (χ3n) is 3.34. The molecule has 2 aromatic rings. The van der Waals surface area contributed by atoms with Gasteiger partial charge in [0.25, 0.3) is 11.6 Å². The molecule has 1 aromatic carbocycles. The number of para-hydroxylation sites is 1. The van der Waals surface area contributed by atoms with Gasteiger partial charge in [0.05, 0.1) is 19.3 Å². The van der Waals surface area contributed by atoms with Crippen LogP contribution in [-0.2, 0) is 11.3 Å². The van der Waals surface area contributed by atoms with E-state index in [4.69, 9.17) is 14.2 Å². The minimum Gasteiger partial charge on any atom is -0.490 e. The van der Waals surface area contributed by atoms with E-state index in [0.717, 1.165) is 5.75 Å². The molecule has 0 fully saturated rings. The van der Waals surface area contributed by atoms with Gasteiger partial charge in [0.1, 0.15) is 17.9 Å². The summed E-state index contributed by atoms with van der Waals surface area (Å²) < 4.78 is 17.4. The second-order valence-electron chi connectivity index (χ2n) is 4.95. The van der Waals surface area contributed by atoms with E-state index in [2.05, 4.69) is 4.98 Å². The second kappa shape index (κ2) is 6.51. The van der Waals surface area contributed by atoms with Crippen molar-refractivity contribution in [2.75, 3.05) is 13.2 Å². The fourth-order valence-electron chi connectivity index (χ4n) is 2.26. The zero-order chi connectivity index (χ0) is 16.2. The van der Waals surface area contributed by atoms with E-state index in [-0.39, 0.29) is 37.4 Å². The molecule has 0 spiro atoms. The van der Waals surface area contributed by atoms with E-state index in [1.165, 1.54) is 10.8 Å². The zero-order valence-corrected chi connectivity index (χ0v) is 12.6. The van der Waals surface area contributed by atoms with Crippen LogP contribution in [0.25, 0.3) is 0 Å². The van der Waals surface area contributed by atoms with Gasteiger partial charge in [-0.05, 0) is 19.1 Å². The highest BCUT2D eigenvalue weighted by Crippen LogP contribution is 2.18. The van der Waals surface area contributed by atoms with Gasteiger partial charge in [-0.3, -0.25) is 9.36 Å². The van der Waals surface area contributed by atoms with Crippen LogP contribution in [0, 0.1) is 0 Å². The first-order valence-electron chi connectivity index (χ1n) is 7.30. The molecule has 3 rings (SSSR count). The van der Waals surface area contributed by atoms with E-state index in [9.17, 15) is 9.59 Å². The van der Waals surface area contributed by atoms with Crippen molar-refractivity contribution in [3.63, 3.8) is 0 Å². The van der Waals surface area contributed by atoms with Gasteiger partial charge in [-0.2, -0.15) is 0 Å². The molecule has 1 atom stereocenters. The van der Waals surface area contributed by atoms with Gasteiger partial charge >= 0.3 is 5.97 Å². The number of esters is 1. The van der Waals surface area contributed by atoms with Crippen molar-refractivity contribution in [1.29, 1.82) is 0 Å². The average molecular weight is 316 g/mol. The first-order valence-corrected chi connectivity index (χ1v) is 7.30. The summed E-state index contributed by atoms with van der Waals surface area (Å²) in [5, 5.41) is 0. The summed E-state index contributed by atoms with van der Waals surface area (Å²) in [6.45, 7) is 2.43. The van der Waals surface area contributed by atoms with Crippen LogP contribution >= 0.6 is 0 Å². The number of fused-ring (bicyclic) bond motifs is 1. The predicted octanol–water partition coefficient (Wildman–Crippen LogP) is 1.26. The highest BCUT2D eigenvalue weighted by Gasteiger charge is 2.28. The lowest BCUT2D eigenvalue weighted by atomic mass is 10.3. The molecule has 1 aliphatic rings. The quantitative estimate of drug-likeness (QED) is 0.773. The van der Waals surface area contributed by atoms with Gasteiger partial charge in [-0.1, -0.05) is 18.2 Å². The van der Waals surface area contributed by atoms with Crippen molar-refractivity contribution in [2.45, 2.75) is 19.6 Å². The lowest BCUT2D eigenvalue weighted by Gasteiger charge is -2.10. The monoisotopic (exact) mass is 316 g/mol. The fraction of sp³-hybridized carbons (Fsp3) is 0.312. The molecule has 0 N–H and O–H groups in total. The lowest BCUT2D eigenvalue weighted by Crippen LogP contribution is -2.28. The van der Waals surface area contributed by atoms with Gasteiger partial charge in [0.15, 0.2) is 6.10 Å². The number of rotatable bonds is 5. The smallest absolute Gasteiger partial charge is 0.345 e. The number of ether oxygens (including phenoxy) is 3. The molecule has 0 aliphatic carbocycles. The normalized spacial score (nSPS) is 15.6. The lowest BCUT2D eigenvalue weighted by molar-refractivity contribution is 0.0523. The van der Waals surface area contributed by atoms with Crippen molar-refractivity contribution in [1.82, 2.24) is 9.55 Å². The molecule has 0 radical (unpaired) electrons. The summed E-state index contributed by atoms with van der Waals surface area (Å²) in [5.74, 6) is 0.0452. The van der Waals surface area contributed by atoms with E-state index in [0.29, 0.717) is 0 Å². The van der Waals surface area contributed by atoms with Crippen LogP contribution in [0.5, 0.6) is 11.8 Å². The predicted molar refractivity (Wildman–Crippen MR) is 80.8 cm³/mol. The number of carbonyl (C=O) groups excluding carboxylic acids is 1. The topological polar surface area (TPSA) is 79.7 Å². The zero-order valence-electron chi connectivity index (χ0n) is 12.6. The Bertz CT molecular complexity index is 757. The molecule has 120 valence electrons. The Labute approximate surface area is 132 Å². The van der Waals surface area contributed by atoms with Crippen molar-refractivity contribution in [3.8, 4) is 11.8 Å². The fourth-order valence-corrected chi connectivity index (χ4v) is 2.26. The molecule has 2 heterocycles. The molecule has 1 aliphatic heterocycles. The Morgan fingerprint density at radius 1 is 1.39 bits per heavy atom. The molecule has 0 bridgehead atoms. The molecule has 1 aromatic heterocycles. The highest BCUT2D eigenvalue weighted by atomic mass is 16.6. The SMILES string of the molecule is CCOC(=O)c1cnc2n(c1=O)CC(COc1ccccc1)O2. The summed E-state index contributed by atoms with van der Waals surface area (Å²) in [5.41, 5.74) is -0.556. The van der Waals surface area contributed by atoms with E-state index in [1.54, 1.807) is 6.92 Å². The number of benzene rings is 1. The van der Waals surface area contributed by atoms with Crippen molar-refractivity contribution in [3.05, 3.63) is 52.4 Å². The van der Waals surface area contributed by atoms with Gasteiger partial charge < -0.3 is 14.2 Å². The first kappa shape index (κ1) is 15.1. The summed E-state index contributed by atoms with van der Waals surface area (Å²) in [4.78, 5) is 28.0. The molecule has 7 heteroatoms. The highest BCUT2D eigenvalue weighted by molar-refractivity contribution is 5.88. The van der Waals surface area contributed by atoms with Gasteiger partial charge in [0, 0.05) is 0 Å². The summed E-state index contributed by atoms with van der Waals surface area (Å²) in [6, 6.07) is 9.50.